The molecule has 0 rings (SSSR count). The molecule has 0 bridgehead atoms. The standard InChI is InChI=1S/C9H16O/c1-4-7-9(5-2)8-10-6-3/h4-5,9H,1-2,6-8H2,3H3. The highest BCUT2D eigenvalue weighted by Gasteiger charge is 1.99. The van der Waals surface area contributed by atoms with Crippen LogP contribution in [-0.2, 0) is 4.74 Å². The van der Waals surface area contributed by atoms with Crippen LogP contribution in [0.2, 0.25) is 0 Å². The van der Waals surface area contributed by atoms with Crippen molar-refractivity contribution < 1.29 is 4.74 Å². The van der Waals surface area contributed by atoms with Gasteiger partial charge in [-0.25, -0.2) is 0 Å². The number of hydrogen-bond acceptors (Lipinski definition) is 1. The molecule has 1 heteroatoms. The highest BCUT2D eigenvalue weighted by atomic mass is 16.5. The van der Waals surface area contributed by atoms with E-state index in [2.05, 4.69) is 13.2 Å². The molecule has 10 heavy (non-hydrogen) atoms. The first-order valence-electron chi connectivity index (χ1n) is 3.66. The van der Waals surface area contributed by atoms with E-state index in [0.717, 1.165) is 19.6 Å². The fourth-order valence-corrected chi connectivity index (χ4v) is 0.716. The van der Waals surface area contributed by atoms with Gasteiger partial charge in [-0.3, -0.25) is 0 Å². The van der Waals surface area contributed by atoms with Gasteiger partial charge < -0.3 is 4.74 Å². The van der Waals surface area contributed by atoms with Crippen LogP contribution in [0.15, 0.2) is 25.3 Å². The van der Waals surface area contributed by atoms with E-state index in [0.29, 0.717) is 5.92 Å². The van der Waals surface area contributed by atoms with Gasteiger partial charge in [0.2, 0.25) is 0 Å². The van der Waals surface area contributed by atoms with Crippen molar-refractivity contribution in [3.63, 3.8) is 0 Å². The lowest BCUT2D eigenvalue weighted by Gasteiger charge is -2.08. The summed E-state index contributed by atoms with van der Waals surface area (Å²) < 4.78 is 5.22. The lowest BCUT2D eigenvalue weighted by molar-refractivity contribution is 0.125. The Morgan fingerprint density at radius 1 is 1.50 bits per heavy atom. The largest absolute Gasteiger partial charge is 0.381 e. The average molecular weight is 140 g/mol. The Morgan fingerprint density at radius 2 is 2.20 bits per heavy atom. The molecule has 0 saturated heterocycles. The van der Waals surface area contributed by atoms with Gasteiger partial charge in [-0.15, -0.1) is 13.2 Å². The molecule has 1 unspecified atom stereocenters. The number of allylic oxidation sites excluding steroid dienone is 1. The van der Waals surface area contributed by atoms with E-state index in [9.17, 15) is 0 Å². The van der Waals surface area contributed by atoms with Crippen LogP contribution in [0.4, 0.5) is 0 Å². The third-order valence-electron chi connectivity index (χ3n) is 1.34. The second-order valence-corrected chi connectivity index (χ2v) is 2.18. The maximum absolute atomic E-state index is 5.22. The van der Waals surface area contributed by atoms with Crippen LogP contribution in [-0.4, -0.2) is 13.2 Å². The molecule has 1 nitrogen and oxygen atoms in total. The highest BCUT2D eigenvalue weighted by molar-refractivity contribution is 4.84. The summed E-state index contributed by atoms with van der Waals surface area (Å²) in [5.41, 5.74) is 0. The molecular weight excluding hydrogens is 124 g/mol. The SMILES string of the molecule is C=CCC(C=C)COCC. The molecule has 0 aromatic heterocycles. The molecule has 0 aromatic rings. The fraction of sp³-hybridized carbons (Fsp3) is 0.556. The summed E-state index contributed by atoms with van der Waals surface area (Å²) >= 11 is 0. The van der Waals surface area contributed by atoms with E-state index in [1.165, 1.54) is 0 Å². The van der Waals surface area contributed by atoms with E-state index in [1.54, 1.807) is 0 Å². The lowest BCUT2D eigenvalue weighted by Crippen LogP contribution is -2.05. The molecular formula is C9H16O. The van der Waals surface area contributed by atoms with Gasteiger partial charge in [0, 0.05) is 12.5 Å². The Bertz CT molecular complexity index is 96.9. The minimum atomic E-state index is 0.442. The second-order valence-electron chi connectivity index (χ2n) is 2.18. The number of hydrogen-bond donors (Lipinski definition) is 0. The molecule has 0 spiro atoms. The van der Waals surface area contributed by atoms with Crippen molar-refractivity contribution in [2.24, 2.45) is 5.92 Å². The smallest absolute Gasteiger partial charge is 0.0531 e. The Kier molecular flexibility index (Phi) is 6.19. The van der Waals surface area contributed by atoms with Gasteiger partial charge in [0.05, 0.1) is 6.61 Å². The molecule has 0 aliphatic heterocycles. The maximum Gasteiger partial charge on any atom is 0.0531 e. The minimum absolute atomic E-state index is 0.442. The summed E-state index contributed by atoms with van der Waals surface area (Å²) in [6.45, 7) is 10.9. The molecule has 0 N–H and O–H groups in total. The van der Waals surface area contributed by atoms with Crippen molar-refractivity contribution in [2.45, 2.75) is 13.3 Å². The van der Waals surface area contributed by atoms with Crippen LogP contribution in [0.25, 0.3) is 0 Å². The van der Waals surface area contributed by atoms with Crippen LogP contribution >= 0.6 is 0 Å². The zero-order valence-electron chi connectivity index (χ0n) is 6.68. The van der Waals surface area contributed by atoms with E-state index in [-0.39, 0.29) is 0 Å². The molecule has 0 fully saturated rings. The normalized spacial score (nSPS) is 12.5. The lowest BCUT2D eigenvalue weighted by atomic mass is 10.1. The summed E-state index contributed by atoms with van der Waals surface area (Å²) in [6, 6.07) is 0. The molecule has 0 radical (unpaired) electrons. The molecule has 0 aromatic carbocycles. The van der Waals surface area contributed by atoms with Crippen molar-refractivity contribution in [3.8, 4) is 0 Å². The van der Waals surface area contributed by atoms with Crippen LogP contribution in [0.5, 0.6) is 0 Å². The van der Waals surface area contributed by atoms with Crippen LogP contribution < -0.4 is 0 Å². The van der Waals surface area contributed by atoms with Gasteiger partial charge in [0.15, 0.2) is 0 Å². The van der Waals surface area contributed by atoms with Crippen LogP contribution in [0, 0.1) is 5.92 Å². The summed E-state index contributed by atoms with van der Waals surface area (Å²) in [5.74, 6) is 0.442. The Morgan fingerprint density at radius 3 is 2.60 bits per heavy atom. The average Bonchev–Trinajstić information content (AvgIpc) is 1.98. The first kappa shape index (κ1) is 9.44. The molecule has 0 heterocycles. The second kappa shape index (κ2) is 6.56. The van der Waals surface area contributed by atoms with Crippen molar-refractivity contribution in [1.82, 2.24) is 0 Å². The highest BCUT2D eigenvalue weighted by Crippen LogP contribution is 2.04. The van der Waals surface area contributed by atoms with Gasteiger partial charge in [-0.05, 0) is 13.3 Å². The van der Waals surface area contributed by atoms with Gasteiger partial charge in [0.1, 0.15) is 0 Å². The molecule has 1 atom stereocenters. The van der Waals surface area contributed by atoms with Gasteiger partial charge >= 0.3 is 0 Å². The Balaban J connectivity index is 3.38. The minimum Gasteiger partial charge on any atom is -0.381 e. The predicted molar refractivity (Wildman–Crippen MR) is 45.0 cm³/mol. The van der Waals surface area contributed by atoms with E-state index in [1.807, 2.05) is 19.1 Å². The molecule has 58 valence electrons. The van der Waals surface area contributed by atoms with Crippen molar-refractivity contribution in [3.05, 3.63) is 25.3 Å². The van der Waals surface area contributed by atoms with E-state index in [4.69, 9.17) is 4.74 Å². The maximum atomic E-state index is 5.22. The molecule has 0 saturated carbocycles. The van der Waals surface area contributed by atoms with E-state index < -0.39 is 0 Å². The number of rotatable bonds is 6. The monoisotopic (exact) mass is 140 g/mol. The van der Waals surface area contributed by atoms with Crippen molar-refractivity contribution >= 4 is 0 Å². The molecule has 0 aliphatic carbocycles. The Hall–Kier alpha value is -0.560. The topological polar surface area (TPSA) is 9.23 Å². The number of ether oxygens (including phenoxy) is 1. The molecule has 0 aliphatic rings. The first-order chi connectivity index (χ1) is 4.85. The Labute approximate surface area is 63.4 Å². The summed E-state index contributed by atoms with van der Waals surface area (Å²) in [7, 11) is 0. The quantitative estimate of drug-likeness (QED) is 0.515. The van der Waals surface area contributed by atoms with E-state index >= 15 is 0 Å². The van der Waals surface area contributed by atoms with Crippen molar-refractivity contribution in [1.29, 1.82) is 0 Å². The zero-order valence-corrected chi connectivity index (χ0v) is 6.68. The fourth-order valence-electron chi connectivity index (χ4n) is 0.716. The van der Waals surface area contributed by atoms with Gasteiger partial charge in [0.25, 0.3) is 0 Å². The van der Waals surface area contributed by atoms with Gasteiger partial charge in [-0.1, -0.05) is 12.2 Å². The first-order valence-corrected chi connectivity index (χ1v) is 3.66. The summed E-state index contributed by atoms with van der Waals surface area (Å²) in [6.07, 6.45) is 4.77. The molecule has 0 amide bonds. The summed E-state index contributed by atoms with van der Waals surface area (Å²) in [4.78, 5) is 0. The zero-order chi connectivity index (χ0) is 7.82. The van der Waals surface area contributed by atoms with Crippen LogP contribution in [0.3, 0.4) is 0 Å². The van der Waals surface area contributed by atoms with Crippen molar-refractivity contribution in [2.75, 3.05) is 13.2 Å². The van der Waals surface area contributed by atoms with Gasteiger partial charge in [-0.2, -0.15) is 0 Å². The third kappa shape index (κ3) is 4.33. The summed E-state index contributed by atoms with van der Waals surface area (Å²) in [5, 5.41) is 0. The predicted octanol–water partition coefficient (Wildman–Crippen LogP) is 2.40. The van der Waals surface area contributed by atoms with Crippen LogP contribution in [0.1, 0.15) is 13.3 Å². The third-order valence-corrected chi connectivity index (χ3v) is 1.34.